The molecule has 1 heteroatoms. The fraction of sp³-hybridized carbons (Fsp3) is 0. The van der Waals surface area contributed by atoms with E-state index in [1.165, 1.54) is 0 Å². The summed E-state index contributed by atoms with van der Waals surface area (Å²) in [5.41, 5.74) is 0. The third-order valence-corrected chi connectivity index (χ3v) is 1.12. The Morgan fingerprint density at radius 1 is 1.40 bits per heavy atom. The predicted molar refractivity (Wildman–Crippen MR) is 23.4 cm³/mol. The summed E-state index contributed by atoms with van der Waals surface area (Å²) in [5.74, 6) is 0. The minimum atomic E-state index is -0.353. The molecule has 0 aliphatic rings. The summed E-state index contributed by atoms with van der Waals surface area (Å²) in [6.45, 7) is 0. The Hall–Kier alpha value is -0.000519. The molecule has 0 fully saturated rings. The Bertz CT molecular complexity index is 206. The third-order valence-electron chi connectivity index (χ3n) is 0.267. The van der Waals surface area contributed by atoms with Crippen molar-refractivity contribution < 1.29 is 5.48 Å². The van der Waals surface area contributed by atoms with Gasteiger partial charge in [-0.2, -0.15) is 0 Å². The van der Waals surface area contributed by atoms with Gasteiger partial charge in [-0.3, -0.25) is 0 Å². The van der Waals surface area contributed by atoms with E-state index in [9.17, 15) is 0 Å². The zero-order chi connectivity index (χ0) is 7.02. The molecule has 0 bridgehead atoms. The first kappa shape index (κ1) is 0.987. The van der Waals surface area contributed by atoms with Gasteiger partial charge in [0.1, 0.15) is 0 Å². The van der Waals surface area contributed by atoms with Crippen molar-refractivity contribution in [3.8, 4) is 0 Å². The summed E-state index contributed by atoms with van der Waals surface area (Å²) in [7, 11) is 0. The van der Waals surface area contributed by atoms with E-state index in [1.54, 1.807) is 0 Å². The third kappa shape index (κ3) is 0.640. The second-order valence-corrected chi connectivity index (χ2v) is 1.84. The second-order valence-electron chi connectivity index (χ2n) is 0.556. The Morgan fingerprint density at radius 2 is 2.00 bits per heavy atom. The fourth-order valence-electron chi connectivity index (χ4n) is 0.128. The summed E-state index contributed by atoms with van der Waals surface area (Å²) in [6, 6.07) is -0.139. The minimum absolute atomic E-state index is 0.0694. The maximum atomic E-state index is 7.04. The molecular formula is C4H4Se. The summed E-state index contributed by atoms with van der Waals surface area (Å²) in [5, 5.41) is 0. The first-order chi connectivity index (χ1) is 4.13. The van der Waals surface area contributed by atoms with E-state index < -0.39 is 0 Å². The van der Waals surface area contributed by atoms with Crippen LogP contribution in [0.1, 0.15) is 5.48 Å². The van der Waals surface area contributed by atoms with Crippen LogP contribution >= 0.6 is 0 Å². The van der Waals surface area contributed by atoms with Gasteiger partial charge in [0.25, 0.3) is 0 Å². The van der Waals surface area contributed by atoms with E-state index in [0.29, 0.717) is 0 Å². The van der Waals surface area contributed by atoms with Crippen molar-refractivity contribution in [2.75, 3.05) is 0 Å². The van der Waals surface area contributed by atoms with Crippen molar-refractivity contribution in [3.63, 3.8) is 0 Å². The molecule has 0 aliphatic carbocycles. The van der Waals surface area contributed by atoms with Crippen molar-refractivity contribution in [3.05, 3.63) is 21.9 Å². The molecule has 1 aromatic heterocycles. The molecule has 0 saturated carbocycles. The summed E-state index contributed by atoms with van der Waals surface area (Å²) >= 11 is -0.353. The van der Waals surface area contributed by atoms with Crippen LogP contribution in [0, 0.1) is 0 Å². The van der Waals surface area contributed by atoms with Crippen molar-refractivity contribution in [2.24, 2.45) is 0 Å². The van der Waals surface area contributed by atoms with Crippen molar-refractivity contribution in [1.29, 1.82) is 0 Å². The molecule has 0 aromatic carbocycles. The molecule has 1 rings (SSSR count). The molecule has 0 N–H and O–H groups in total. The molecule has 0 atom stereocenters. The van der Waals surface area contributed by atoms with Crippen LogP contribution in [0.25, 0.3) is 0 Å². The van der Waals surface area contributed by atoms with E-state index in [0.717, 1.165) is 0 Å². The molecule has 0 unspecified atom stereocenters. The number of rotatable bonds is 0. The van der Waals surface area contributed by atoms with Gasteiger partial charge in [0, 0.05) is 0 Å². The van der Waals surface area contributed by atoms with Gasteiger partial charge < -0.3 is 0 Å². The van der Waals surface area contributed by atoms with Gasteiger partial charge in [-0.25, -0.2) is 0 Å². The van der Waals surface area contributed by atoms with Crippen molar-refractivity contribution >= 4 is 14.5 Å². The summed E-state index contributed by atoms with van der Waals surface area (Å²) in [6.07, 6.45) is 0. The molecule has 26 valence electrons. The Morgan fingerprint density at radius 3 is 2.20 bits per heavy atom. The van der Waals surface area contributed by atoms with Crippen LogP contribution in [0.2, 0.25) is 0 Å². The average molecular weight is 135 g/mol. The van der Waals surface area contributed by atoms with Crippen molar-refractivity contribution in [2.45, 2.75) is 0 Å². The molecule has 0 spiro atoms. The summed E-state index contributed by atoms with van der Waals surface area (Å²) < 4.78 is 28.1. The normalized spacial score (nSPS) is 19.2. The van der Waals surface area contributed by atoms with E-state index >= 15 is 0 Å². The Kier molecular flexibility index (Phi) is 0.284. The van der Waals surface area contributed by atoms with Gasteiger partial charge in [-0.15, -0.1) is 0 Å². The first-order valence-electron chi connectivity index (χ1n) is 3.16. The molecule has 0 radical (unpaired) electrons. The van der Waals surface area contributed by atoms with Gasteiger partial charge in [-0.05, 0) is 0 Å². The van der Waals surface area contributed by atoms with Gasteiger partial charge in [0.15, 0.2) is 0 Å². The molecule has 0 saturated heterocycles. The van der Waals surface area contributed by atoms with E-state index in [4.69, 9.17) is 5.48 Å². The number of hydrogen-bond acceptors (Lipinski definition) is 0. The molecule has 1 heterocycles. The van der Waals surface area contributed by atoms with E-state index in [2.05, 4.69) is 0 Å². The van der Waals surface area contributed by atoms with Crippen LogP contribution in [-0.2, 0) is 0 Å². The Balaban J connectivity index is 3.29. The zero-order valence-electron chi connectivity index (χ0n) is 6.41. The topological polar surface area (TPSA) is 0 Å². The van der Waals surface area contributed by atoms with Crippen molar-refractivity contribution in [1.82, 2.24) is 0 Å². The van der Waals surface area contributed by atoms with E-state index in [1.807, 2.05) is 0 Å². The fourth-order valence-corrected chi connectivity index (χ4v) is 0.663. The molecular weight excluding hydrogens is 127 g/mol. The zero-order valence-corrected chi connectivity index (χ0v) is 4.12. The SMILES string of the molecule is [2H]c1[se]c([2H])c([2H])c1[2H]. The van der Waals surface area contributed by atoms with Crippen LogP contribution in [0.15, 0.2) is 21.9 Å². The molecule has 0 nitrogen and oxygen atoms in total. The van der Waals surface area contributed by atoms with Gasteiger partial charge in [0.05, 0.1) is 0 Å². The van der Waals surface area contributed by atoms with Crippen LogP contribution in [0.5, 0.6) is 0 Å². The van der Waals surface area contributed by atoms with Gasteiger partial charge >= 0.3 is 41.9 Å². The van der Waals surface area contributed by atoms with Crippen LogP contribution in [0.4, 0.5) is 0 Å². The average Bonchev–Trinajstić information content (AvgIpc) is 1.98. The molecule has 0 aliphatic heterocycles. The Labute approximate surface area is 42.8 Å². The molecule has 5 heavy (non-hydrogen) atoms. The van der Waals surface area contributed by atoms with Gasteiger partial charge in [-0.1, -0.05) is 0 Å². The standard InChI is InChI=1S/C4H4Se/c1-2-4-5-3-1/h1-4H/i1D,2D,3D,4D. The van der Waals surface area contributed by atoms with E-state index in [-0.39, 0.29) is 36.4 Å². The van der Waals surface area contributed by atoms with Crippen LogP contribution in [0.3, 0.4) is 0 Å². The first-order valence-corrected chi connectivity index (χ1v) is 2.87. The molecule has 0 amide bonds. The maximum absolute atomic E-state index is 7.04. The second kappa shape index (κ2) is 1.44. The number of hydrogen-bond donors (Lipinski definition) is 0. The summed E-state index contributed by atoms with van der Waals surface area (Å²) in [4.78, 5) is 0.301. The quantitative estimate of drug-likeness (QED) is 0.460. The predicted octanol–water partition coefficient (Wildman–Crippen LogP) is 0.744. The molecule has 1 aromatic rings. The van der Waals surface area contributed by atoms with Gasteiger partial charge in [0.2, 0.25) is 0 Å². The van der Waals surface area contributed by atoms with Crippen LogP contribution in [-0.4, -0.2) is 14.5 Å². The monoisotopic (exact) mass is 136 g/mol. The van der Waals surface area contributed by atoms with Crippen LogP contribution < -0.4 is 0 Å².